The van der Waals surface area contributed by atoms with Crippen LogP contribution in [0.4, 0.5) is 0 Å². The predicted molar refractivity (Wildman–Crippen MR) is 181 cm³/mol. The SMILES string of the molecule is CCCC(NC(=O)C1C2CCC(C2)C1NC(=O)C(NC(=O)C(NC(=O)c1cnccn1)C1CCCCC1)C(C)(C)C)C(O)(C(N)=O)C1CC1. The highest BCUT2D eigenvalue weighted by Gasteiger charge is 2.56. The highest BCUT2D eigenvalue weighted by atomic mass is 16.3. The summed E-state index contributed by atoms with van der Waals surface area (Å²) in [5.41, 5.74) is 3.29. The van der Waals surface area contributed by atoms with Gasteiger partial charge < -0.3 is 32.1 Å². The van der Waals surface area contributed by atoms with Crippen molar-refractivity contribution >= 4 is 29.5 Å². The standard InChI is InChI=1S/C36H55N7O6/c1-5-9-25(36(49,34(37)48)23-14-15-23)40-31(45)26-21-12-13-22(18-21)27(26)41-33(47)29(35(2,3)4)43-32(46)28(20-10-7-6-8-11-20)42-30(44)24-19-38-16-17-39-24/h16-17,19-23,25-29,49H,5-15,18H2,1-4H3,(H2,37,48)(H,40,45)(H,41,47)(H,42,44)(H,43,46). The normalized spacial score (nSPS) is 26.9. The second-order valence-electron chi connectivity index (χ2n) is 16.0. The van der Waals surface area contributed by atoms with Crippen molar-refractivity contribution in [3.63, 3.8) is 0 Å². The number of aromatic nitrogens is 2. The van der Waals surface area contributed by atoms with Crippen LogP contribution in [0.25, 0.3) is 0 Å². The Morgan fingerprint density at radius 1 is 0.918 bits per heavy atom. The first kappa shape index (κ1) is 36.7. The van der Waals surface area contributed by atoms with Crippen molar-refractivity contribution in [3.8, 4) is 0 Å². The second-order valence-corrected chi connectivity index (χ2v) is 16.0. The van der Waals surface area contributed by atoms with E-state index in [2.05, 4.69) is 31.2 Å². The van der Waals surface area contributed by atoms with Crippen LogP contribution >= 0.6 is 0 Å². The molecule has 4 aliphatic rings. The van der Waals surface area contributed by atoms with Gasteiger partial charge in [-0.2, -0.15) is 0 Å². The molecule has 0 spiro atoms. The van der Waals surface area contributed by atoms with Gasteiger partial charge in [0.05, 0.1) is 18.2 Å². The Bertz CT molecular complexity index is 1380. The van der Waals surface area contributed by atoms with Gasteiger partial charge in [0.1, 0.15) is 17.8 Å². The minimum absolute atomic E-state index is 0.0508. The van der Waals surface area contributed by atoms with Crippen molar-refractivity contribution < 1.29 is 29.1 Å². The molecule has 1 heterocycles. The smallest absolute Gasteiger partial charge is 0.272 e. The summed E-state index contributed by atoms with van der Waals surface area (Å²) in [4.78, 5) is 75.9. The zero-order valence-corrected chi connectivity index (χ0v) is 29.4. The van der Waals surface area contributed by atoms with E-state index in [0.29, 0.717) is 25.7 Å². The van der Waals surface area contributed by atoms with Gasteiger partial charge in [-0.3, -0.25) is 29.0 Å². The molecule has 270 valence electrons. The van der Waals surface area contributed by atoms with Crippen LogP contribution in [0.1, 0.15) is 115 Å². The summed E-state index contributed by atoms with van der Waals surface area (Å²) < 4.78 is 0. The summed E-state index contributed by atoms with van der Waals surface area (Å²) in [5, 5.41) is 23.5. The average molecular weight is 682 g/mol. The Kier molecular flexibility index (Phi) is 11.3. The lowest BCUT2D eigenvalue weighted by Crippen LogP contribution is -2.64. The maximum Gasteiger partial charge on any atom is 0.272 e. The molecule has 0 radical (unpaired) electrons. The largest absolute Gasteiger partial charge is 0.378 e. The van der Waals surface area contributed by atoms with Crippen LogP contribution in [0.2, 0.25) is 0 Å². The summed E-state index contributed by atoms with van der Waals surface area (Å²) in [5.74, 6) is -3.23. The second kappa shape index (κ2) is 15.1. The number of carbonyl (C=O) groups excluding carboxylic acids is 5. The predicted octanol–water partition coefficient (Wildman–Crippen LogP) is 2.13. The molecule has 1 aromatic rings. The summed E-state index contributed by atoms with van der Waals surface area (Å²) in [7, 11) is 0. The monoisotopic (exact) mass is 681 g/mol. The molecule has 4 aliphatic carbocycles. The number of amides is 5. The number of rotatable bonds is 14. The lowest BCUT2D eigenvalue weighted by Gasteiger charge is -2.38. The molecule has 0 aliphatic heterocycles. The van der Waals surface area contributed by atoms with Crippen LogP contribution < -0.4 is 27.0 Å². The van der Waals surface area contributed by atoms with Crippen molar-refractivity contribution in [2.45, 2.75) is 135 Å². The number of nitrogens with zero attached hydrogens (tertiary/aromatic N) is 2. The van der Waals surface area contributed by atoms with E-state index in [1.54, 1.807) is 0 Å². The number of primary amides is 1. The highest BCUT2D eigenvalue weighted by molar-refractivity contribution is 5.97. The van der Waals surface area contributed by atoms with E-state index in [1.807, 2.05) is 27.7 Å². The van der Waals surface area contributed by atoms with Crippen LogP contribution in [0.15, 0.2) is 18.6 Å². The third-order valence-electron chi connectivity index (χ3n) is 11.4. The molecular weight excluding hydrogens is 626 g/mol. The minimum Gasteiger partial charge on any atom is -0.378 e. The summed E-state index contributed by atoms with van der Waals surface area (Å²) in [6.07, 6.45) is 13.6. The van der Waals surface area contributed by atoms with E-state index in [9.17, 15) is 29.1 Å². The summed E-state index contributed by atoms with van der Waals surface area (Å²) in [6.45, 7) is 7.53. The molecule has 8 atom stereocenters. The van der Waals surface area contributed by atoms with Crippen LogP contribution in [0.3, 0.4) is 0 Å². The van der Waals surface area contributed by atoms with Gasteiger partial charge in [-0.05, 0) is 80.5 Å². The fourth-order valence-corrected chi connectivity index (χ4v) is 8.67. The summed E-state index contributed by atoms with van der Waals surface area (Å²) >= 11 is 0. The molecule has 2 bridgehead atoms. The van der Waals surface area contributed by atoms with Gasteiger partial charge in [-0.25, -0.2) is 4.98 Å². The molecule has 8 unspecified atom stereocenters. The average Bonchev–Trinajstić information content (AvgIpc) is 3.74. The van der Waals surface area contributed by atoms with Gasteiger partial charge in [0, 0.05) is 18.4 Å². The molecule has 1 aromatic heterocycles. The lowest BCUT2D eigenvalue weighted by molar-refractivity contribution is -0.145. The number of nitrogens with one attached hydrogen (secondary N) is 4. The molecule has 4 fully saturated rings. The molecule has 5 amide bonds. The number of carbonyl (C=O) groups is 5. The Morgan fingerprint density at radius 2 is 1.61 bits per heavy atom. The maximum absolute atomic E-state index is 14.2. The molecule has 0 saturated heterocycles. The van der Waals surface area contributed by atoms with Gasteiger partial charge in [-0.15, -0.1) is 0 Å². The number of nitrogens with two attached hydrogens (primary N) is 1. The third-order valence-corrected chi connectivity index (χ3v) is 11.4. The highest BCUT2D eigenvalue weighted by Crippen LogP contribution is 2.49. The number of fused-ring (bicyclic) bond motifs is 2. The van der Waals surface area contributed by atoms with Crippen LogP contribution in [-0.4, -0.2) is 74.4 Å². The van der Waals surface area contributed by atoms with Gasteiger partial charge in [0.25, 0.3) is 11.8 Å². The van der Waals surface area contributed by atoms with Gasteiger partial charge >= 0.3 is 0 Å². The van der Waals surface area contributed by atoms with E-state index >= 15 is 0 Å². The van der Waals surface area contributed by atoms with Crippen molar-refractivity contribution in [1.29, 1.82) is 0 Å². The van der Waals surface area contributed by atoms with Crippen LogP contribution in [0.5, 0.6) is 0 Å². The zero-order chi connectivity index (χ0) is 35.5. The van der Waals surface area contributed by atoms with Crippen molar-refractivity contribution in [2.75, 3.05) is 0 Å². The molecule has 13 heteroatoms. The van der Waals surface area contributed by atoms with Crippen LogP contribution in [0, 0.1) is 35.0 Å². The van der Waals surface area contributed by atoms with Gasteiger partial charge in [0.15, 0.2) is 5.60 Å². The minimum atomic E-state index is -1.82. The molecule has 5 rings (SSSR count). The molecule has 0 aromatic carbocycles. The van der Waals surface area contributed by atoms with E-state index in [4.69, 9.17) is 5.73 Å². The van der Waals surface area contributed by atoms with E-state index in [1.165, 1.54) is 18.6 Å². The van der Waals surface area contributed by atoms with Crippen LogP contribution in [-0.2, 0) is 19.2 Å². The van der Waals surface area contributed by atoms with Crippen molar-refractivity contribution in [3.05, 3.63) is 24.3 Å². The molecule has 49 heavy (non-hydrogen) atoms. The molecule has 13 nitrogen and oxygen atoms in total. The fourth-order valence-electron chi connectivity index (χ4n) is 8.67. The molecular formula is C36H55N7O6. The molecule has 4 saturated carbocycles. The zero-order valence-electron chi connectivity index (χ0n) is 29.4. The van der Waals surface area contributed by atoms with Crippen molar-refractivity contribution in [1.82, 2.24) is 31.2 Å². The first-order valence-corrected chi connectivity index (χ1v) is 18.3. The Labute approximate surface area is 289 Å². The molecule has 7 N–H and O–H groups in total. The van der Waals surface area contributed by atoms with E-state index in [0.717, 1.165) is 51.4 Å². The Balaban J connectivity index is 1.32. The number of hydrogen-bond acceptors (Lipinski definition) is 8. The van der Waals surface area contributed by atoms with E-state index in [-0.39, 0.29) is 35.3 Å². The Hall–Kier alpha value is -3.61. The first-order chi connectivity index (χ1) is 23.2. The van der Waals surface area contributed by atoms with Crippen molar-refractivity contribution in [2.24, 2.45) is 40.7 Å². The quantitative estimate of drug-likeness (QED) is 0.171. The van der Waals surface area contributed by atoms with Gasteiger partial charge in [-0.1, -0.05) is 53.4 Å². The van der Waals surface area contributed by atoms with E-state index < -0.39 is 64.7 Å². The topological polar surface area (TPSA) is 206 Å². The third kappa shape index (κ3) is 8.07. The fraction of sp³-hybridized carbons (Fsp3) is 0.750. The Morgan fingerprint density at radius 3 is 2.20 bits per heavy atom. The maximum atomic E-state index is 14.2. The summed E-state index contributed by atoms with van der Waals surface area (Å²) in [6, 6.07) is -3.10. The first-order valence-electron chi connectivity index (χ1n) is 18.3. The lowest BCUT2D eigenvalue weighted by atomic mass is 9.80. The number of aliphatic hydroxyl groups is 1. The van der Waals surface area contributed by atoms with Gasteiger partial charge in [0.2, 0.25) is 17.7 Å². The number of hydrogen-bond donors (Lipinski definition) is 6.